The molecule has 1 unspecified atom stereocenters. The maximum absolute atomic E-state index is 11.8. The second kappa shape index (κ2) is 20.7. The van der Waals surface area contributed by atoms with Crippen LogP contribution < -0.4 is 0 Å². The van der Waals surface area contributed by atoms with Gasteiger partial charge in [0, 0.05) is 0 Å². The molecule has 0 aliphatic rings. The van der Waals surface area contributed by atoms with Gasteiger partial charge in [-0.15, -0.1) is 0 Å². The zero-order chi connectivity index (χ0) is 21.6. The van der Waals surface area contributed by atoms with Gasteiger partial charge in [0.15, 0.2) is 0 Å². The van der Waals surface area contributed by atoms with Crippen molar-refractivity contribution in [3.05, 3.63) is 0 Å². The molecule has 0 aliphatic carbocycles. The highest BCUT2D eigenvalue weighted by molar-refractivity contribution is 5.74. The zero-order valence-corrected chi connectivity index (χ0v) is 20.4. The van der Waals surface area contributed by atoms with Crippen molar-refractivity contribution in [1.29, 1.82) is 0 Å². The van der Waals surface area contributed by atoms with Gasteiger partial charge in [-0.3, -0.25) is 4.79 Å². The summed E-state index contributed by atoms with van der Waals surface area (Å²) in [5.41, 5.74) is -0.499. The lowest BCUT2D eigenvalue weighted by atomic mass is 9.80. The molecular weight excluding hydrogens is 356 g/mol. The Kier molecular flexibility index (Phi) is 20.4. The third kappa shape index (κ3) is 18.0. The Labute approximate surface area is 183 Å². The van der Waals surface area contributed by atoms with Crippen molar-refractivity contribution < 1.29 is 9.90 Å². The molecule has 0 aliphatic heterocycles. The summed E-state index contributed by atoms with van der Waals surface area (Å²) in [6.45, 7) is 6.51. The molecule has 0 aromatic rings. The number of hydrogen-bond acceptors (Lipinski definition) is 1. The first-order chi connectivity index (χ1) is 14.1. The van der Waals surface area contributed by atoms with Gasteiger partial charge in [0.05, 0.1) is 5.41 Å². The van der Waals surface area contributed by atoms with E-state index in [-0.39, 0.29) is 0 Å². The fraction of sp³-hybridized carbons (Fsp3) is 0.963. The molecule has 0 bridgehead atoms. The molecule has 0 rings (SSSR count). The van der Waals surface area contributed by atoms with Crippen molar-refractivity contribution in [3.8, 4) is 0 Å². The van der Waals surface area contributed by atoms with Crippen molar-refractivity contribution in [2.24, 2.45) is 5.41 Å². The van der Waals surface area contributed by atoms with Crippen LogP contribution >= 0.6 is 0 Å². The third-order valence-corrected chi connectivity index (χ3v) is 6.68. The summed E-state index contributed by atoms with van der Waals surface area (Å²) >= 11 is 0. The van der Waals surface area contributed by atoms with Crippen LogP contribution in [0.15, 0.2) is 0 Å². The van der Waals surface area contributed by atoms with Crippen LogP contribution in [0.25, 0.3) is 0 Å². The van der Waals surface area contributed by atoms with Crippen LogP contribution in [-0.2, 0) is 4.79 Å². The van der Waals surface area contributed by atoms with E-state index in [4.69, 9.17) is 0 Å². The van der Waals surface area contributed by atoms with Crippen molar-refractivity contribution in [2.75, 3.05) is 0 Å². The van der Waals surface area contributed by atoms with Crippen LogP contribution in [0.4, 0.5) is 0 Å². The SMILES string of the molecule is CCCCCCCCCCCCCCC(C)(CCCCCCCCCC)C(=O)O. The van der Waals surface area contributed by atoms with Crippen molar-refractivity contribution in [1.82, 2.24) is 0 Å². The predicted octanol–water partition coefficient (Wildman–Crippen LogP) is 9.70. The highest BCUT2D eigenvalue weighted by Crippen LogP contribution is 2.32. The van der Waals surface area contributed by atoms with E-state index in [1.807, 2.05) is 6.92 Å². The van der Waals surface area contributed by atoms with Gasteiger partial charge in [-0.2, -0.15) is 0 Å². The van der Waals surface area contributed by atoms with Crippen LogP contribution in [0.5, 0.6) is 0 Å². The minimum absolute atomic E-state index is 0.499. The molecule has 174 valence electrons. The van der Waals surface area contributed by atoms with Gasteiger partial charge < -0.3 is 5.11 Å². The number of aliphatic carboxylic acids is 1. The van der Waals surface area contributed by atoms with Gasteiger partial charge in [0.1, 0.15) is 0 Å². The Balaban J connectivity index is 3.63. The van der Waals surface area contributed by atoms with Gasteiger partial charge in [0.2, 0.25) is 0 Å². The van der Waals surface area contributed by atoms with Crippen LogP contribution in [0.2, 0.25) is 0 Å². The first-order valence-corrected chi connectivity index (χ1v) is 13.3. The molecule has 0 saturated heterocycles. The summed E-state index contributed by atoms with van der Waals surface area (Å²) in [7, 11) is 0. The molecule has 2 nitrogen and oxygen atoms in total. The second-order valence-corrected chi connectivity index (χ2v) is 9.73. The van der Waals surface area contributed by atoms with Crippen molar-refractivity contribution >= 4 is 5.97 Å². The van der Waals surface area contributed by atoms with Gasteiger partial charge in [-0.1, -0.05) is 142 Å². The van der Waals surface area contributed by atoms with Crippen LogP contribution in [0.1, 0.15) is 162 Å². The minimum Gasteiger partial charge on any atom is -0.481 e. The monoisotopic (exact) mass is 410 g/mol. The lowest BCUT2D eigenvalue weighted by Crippen LogP contribution is -2.27. The van der Waals surface area contributed by atoms with E-state index in [0.29, 0.717) is 0 Å². The number of unbranched alkanes of at least 4 members (excludes halogenated alkanes) is 18. The van der Waals surface area contributed by atoms with Crippen LogP contribution in [0.3, 0.4) is 0 Å². The van der Waals surface area contributed by atoms with Gasteiger partial charge in [-0.05, 0) is 19.8 Å². The average molecular weight is 411 g/mol. The fourth-order valence-corrected chi connectivity index (χ4v) is 4.34. The maximum Gasteiger partial charge on any atom is 0.309 e. The fourth-order valence-electron chi connectivity index (χ4n) is 4.34. The molecule has 0 spiro atoms. The summed E-state index contributed by atoms with van der Waals surface area (Å²) in [5, 5.41) is 9.71. The highest BCUT2D eigenvalue weighted by Gasteiger charge is 2.31. The molecule has 1 atom stereocenters. The topological polar surface area (TPSA) is 37.3 Å². The van der Waals surface area contributed by atoms with E-state index in [9.17, 15) is 9.90 Å². The Morgan fingerprint density at radius 2 is 0.759 bits per heavy atom. The van der Waals surface area contributed by atoms with Crippen molar-refractivity contribution in [2.45, 2.75) is 162 Å². The first kappa shape index (κ1) is 28.5. The molecule has 0 radical (unpaired) electrons. The summed E-state index contributed by atoms with van der Waals surface area (Å²) in [6.07, 6.45) is 28.0. The number of carboxylic acids is 1. The number of carboxylic acid groups (broad SMARTS) is 1. The predicted molar refractivity (Wildman–Crippen MR) is 129 cm³/mol. The Hall–Kier alpha value is -0.530. The van der Waals surface area contributed by atoms with Gasteiger partial charge >= 0.3 is 5.97 Å². The zero-order valence-electron chi connectivity index (χ0n) is 20.4. The summed E-state index contributed by atoms with van der Waals surface area (Å²) in [6, 6.07) is 0. The molecule has 2 heteroatoms. The summed E-state index contributed by atoms with van der Waals surface area (Å²) in [5.74, 6) is -0.580. The Bertz CT molecular complexity index is 352. The standard InChI is InChI=1S/C27H54O2/c1-4-6-8-10-12-14-15-16-17-19-21-23-25-27(3,26(28)29)24-22-20-18-13-11-9-7-5-2/h4-25H2,1-3H3,(H,28,29). The highest BCUT2D eigenvalue weighted by atomic mass is 16.4. The minimum atomic E-state index is -0.580. The van der Waals surface area contributed by atoms with Gasteiger partial charge in [0.25, 0.3) is 0 Å². The molecule has 0 saturated carbocycles. The Morgan fingerprint density at radius 1 is 0.517 bits per heavy atom. The summed E-state index contributed by atoms with van der Waals surface area (Å²) in [4.78, 5) is 11.8. The Morgan fingerprint density at radius 3 is 1.00 bits per heavy atom. The molecule has 0 aromatic heterocycles. The summed E-state index contributed by atoms with van der Waals surface area (Å²) < 4.78 is 0. The average Bonchev–Trinajstić information content (AvgIpc) is 2.70. The number of carbonyl (C=O) groups is 1. The van der Waals surface area contributed by atoms with E-state index in [2.05, 4.69) is 13.8 Å². The van der Waals surface area contributed by atoms with E-state index in [1.54, 1.807) is 0 Å². The largest absolute Gasteiger partial charge is 0.481 e. The van der Waals surface area contributed by atoms with Gasteiger partial charge in [-0.25, -0.2) is 0 Å². The van der Waals surface area contributed by atoms with E-state index in [1.165, 1.54) is 116 Å². The molecule has 1 N–H and O–H groups in total. The van der Waals surface area contributed by atoms with E-state index < -0.39 is 11.4 Å². The smallest absolute Gasteiger partial charge is 0.309 e. The van der Waals surface area contributed by atoms with E-state index >= 15 is 0 Å². The quantitative estimate of drug-likeness (QED) is 0.170. The normalized spacial score (nSPS) is 13.5. The second-order valence-electron chi connectivity index (χ2n) is 9.73. The maximum atomic E-state index is 11.8. The number of hydrogen-bond donors (Lipinski definition) is 1. The molecular formula is C27H54O2. The van der Waals surface area contributed by atoms with Crippen LogP contribution in [0, 0.1) is 5.41 Å². The molecule has 0 aromatic carbocycles. The molecule has 0 amide bonds. The lowest BCUT2D eigenvalue weighted by molar-refractivity contribution is -0.149. The lowest BCUT2D eigenvalue weighted by Gasteiger charge is -2.24. The van der Waals surface area contributed by atoms with Crippen molar-refractivity contribution in [3.63, 3.8) is 0 Å². The first-order valence-electron chi connectivity index (χ1n) is 13.3. The number of rotatable bonds is 23. The molecule has 0 fully saturated rings. The van der Waals surface area contributed by atoms with E-state index in [0.717, 1.165) is 25.7 Å². The molecule has 29 heavy (non-hydrogen) atoms. The third-order valence-electron chi connectivity index (χ3n) is 6.68. The molecule has 0 heterocycles. The van der Waals surface area contributed by atoms with Crippen LogP contribution in [-0.4, -0.2) is 11.1 Å².